The molecule has 40 heavy (non-hydrogen) atoms. The Bertz CT molecular complexity index is 1300. The largest absolute Gasteiger partial charge is 0.537 e. The van der Waals surface area contributed by atoms with Crippen LogP contribution < -0.4 is 19.5 Å². The highest BCUT2D eigenvalue weighted by molar-refractivity contribution is 6.80. The summed E-state index contributed by atoms with van der Waals surface area (Å²) in [6.45, 7) is 9.26. The van der Waals surface area contributed by atoms with E-state index in [2.05, 4.69) is 93.3 Å². The van der Waals surface area contributed by atoms with Crippen LogP contribution in [0.1, 0.15) is 71.8 Å². The van der Waals surface area contributed by atoms with Gasteiger partial charge in [0.05, 0.1) is 12.3 Å². The molecule has 5 heteroatoms. The first kappa shape index (κ1) is 29.5. The smallest absolute Gasteiger partial charge is 0.299 e. The van der Waals surface area contributed by atoms with Gasteiger partial charge in [-0.1, -0.05) is 127 Å². The zero-order valence-electron chi connectivity index (χ0n) is 24.3. The number of rotatable bonds is 13. The summed E-state index contributed by atoms with van der Waals surface area (Å²) in [4.78, 5) is 4.33. The van der Waals surface area contributed by atoms with Gasteiger partial charge >= 0.3 is 0 Å². The highest BCUT2D eigenvalue weighted by Crippen LogP contribution is 2.35. The van der Waals surface area contributed by atoms with Crippen LogP contribution >= 0.6 is 0 Å². The number of halogens is 1. The highest BCUT2D eigenvalue weighted by Gasteiger charge is 2.24. The first-order valence-corrected chi connectivity index (χ1v) is 16.2. The molecule has 1 aromatic heterocycles. The SMILES string of the molecule is CCCCCCCCOc1ccc(-c2ccc(C(C)(C)C)cc2O[SiH](c2ccccc2)c2ccccc2)nc1F. The van der Waals surface area contributed by atoms with E-state index in [1.54, 1.807) is 6.07 Å². The summed E-state index contributed by atoms with van der Waals surface area (Å²) in [6, 6.07) is 30.5. The van der Waals surface area contributed by atoms with Crippen LogP contribution in [-0.2, 0) is 5.41 Å². The van der Waals surface area contributed by atoms with E-state index in [0.29, 0.717) is 12.3 Å². The monoisotopic (exact) mass is 555 g/mol. The molecule has 3 aromatic carbocycles. The number of ether oxygens (including phenoxy) is 1. The summed E-state index contributed by atoms with van der Waals surface area (Å²) >= 11 is 0. The van der Waals surface area contributed by atoms with E-state index < -0.39 is 15.0 Å². The fourth-order valence-electron chi connectivity index (χ4n) is 4.75. The van der Waals surface area contributed by atoms with Gasteiger partial charge in [0, 0.05) is 5.56 Å². The average Bonchev–Trinajstić information content (AvgIpc) is 2.96. The van der Waals surface area contributed by atoms with Gasteiger partial charge in [0.15, 0.2) is 5.75 Å². The van der Waals surface area contributed by atoms with Crippen LogP contribution in [0.15, 0.2) is 91.0 Å². The van der Waals surface area contributed by atoms with Crippen molar-refractivity contribution in [1.29, 1.82) is 0 Å². The van der Waals surface area contributed by atoms with Crippen LogP contribution in [0.4, 0.5) is 4.39 Å². The van der Waals surface area contributed by atoms with Gasteiger partial charge < -0.3 is 9.16 Å². The third-order valence-electron chi connectivity index (χ3n) is 7.14. The van der Waals surface area contributed by atoms with E-state index in [-0.39, 0.29) is 11.2 Å². The summed E-state index contributed by atoms with van der Waals surface area (Å²) in [5.41, 5.74) is 2.40. The Morgan fingerprint density at radius 3 is 1.95 bits per heavy atom. The fraction of sp³-hybridized carbons (Fsp3) is 0.343. The van der Waals surface area contributed by atoms with Gasteiger partial charge in [-0.3, -0.25) is 0 Å². The molecule has 0 spiro atoms. The van der Waals surface area contributed by atoms with Crippen molar-refractivity contribution in [3.8, 4) is 22.8 Å². The van der Waals surface area contributed by atoms with Crippen molar-refractivity contribution >= 4 is 19.4 Å². The Balaban J connectivity index is 1.62. The van der Waals surface area contributed by atoms with Gasteiger partial charge in [-0.05, 0) is 52.0 Å². The lowest BCUT2D eigenvalue weighted by molar-refractivity contribution is 0.286. The molecule has 0 amide bonds. The molecule has 4 aromatic rings. The summed E-state index contributed by atoms with van der Waals surface area (Å²) in [5.74, 6) is 0.339. The number of benzene rings is 3. The van der Waals surface area contributed by atoms with Crippen molar-refractivity contribution in [2.45, 2.75) is 71.6 Å². The van der Waals surface area contributed by atoms with Crippen molar-refractivity contribution < 1.29 is 13.6 Å². The number of hydrogen-bond acceptors (Lipinski definition) is 3. The molecule has 0 atom stereocenters. The summed E-state index contributed by atoms with van der Waals surface area (Å²) < 4.78 is 27.8. The van der Waals surface area contributed by atoms with Gasteiger partial charge in [0.1, 0.15) is 5.75 Å². The second-order valence-electron chi connectivity index (χ2n) is 11.4. The van der Waals surface area contributed by atoms with Crippen LogP contribution in [0.5, 0.6) is 11.5 Å². The predicted molar refractivity (Wildman–Crippen MR) is 167 cm³/mol. The lowest BCUT2D eigenvalue weighted by Crippen LogP contribution is -2.47. The molecule has 0 radical (unpaired) electrons. The minimum Gasteiger partial charge on any atom is -0.537 e. The van der Waals surface area contributed by atoms with E-state index in [0.717, 1.165) is 29.7 Å². The molecule has 0 aliphatic heterocycles. The van der Waals surface area contributed by atoms with Crippen LogP contribution in [0.25, 0.3) is 11.3 Å². The van der Waals surface area contributed by atoms with Crippen molar-refractivity contribution in [1.82, 2.24) is 4.98 Å². The van der Waals surface area contributed by atoms with Gasteiger partial charge in [-0.2, -0.15) is 4.39 Å². The minimum absolute atomic E-state index is 0.0693. The van der Waals surface area contributed by atoms with Crippen molar-refractivity contribution in [3.63, 3.8) is 0 Å². The summed E-state index contributed by atoms with van der Waals surface area (Å²) in [7, 11) is -2.10. The second kappa shape index (κ2) is 14.3. The maximum absolute atomic E-state index is 15.1. The summed E-state index contributed by atoms with van der Waals surface area (Å²) in [5, 5.41) is 2.36. The Kier molecular flexibility index (Phi) is 10.5. The van der Waals surface area contributed by atoms with Crippen LogP contribution in [0.3, 0.4) is 0 Å². The lowest BCUT2D eigenvalue weighted by Gasteiger charge is -2.25. The molecule has 0 saturated heterocycles. The molecule has 1 heterocycles. The highest BCUT2D eigenvalue weighted by atomic mass is 28.3. The van der Waals surface area contributed by atoms with Crippen LogP contribution in [0, 0.1) is 5.95 Å². The van der Waals surface area contributed by atoms with Gasteiger partial charge in [0.2, 0.25) is 0 Å². The van der Waals surface area contributed by atoms with E-state index in [1.165, 1.54) is 36.1 Å². The van der Waals surface area contributed by atoms with Crippen molar-refractivity contribution in [2.75, 3.05) is 6.61 Å². The van der Waals surface area contributed by atoms with Crippen LogP contribution in [-0.4, -0.2) is 20.6 Å². The van der Waals surface area contributed by atoms with Gasteiger partial charge in [0.25, 0.3) is 15.0 Å². The summed E-state index contributed by atoms with van der Waals surface area (Å²) in [6.07, 6.45) is 6.96. The molecule has 0 N–H and O–H groups in total. The molecular formula is C35H42FNO2Si. The molecule has 0 bridgehead atoms. The Morgan fingerprint density at radius 1 is 0.725 bits per heavy atom. The number of unbranched alkanes of at least 4 members (excludes halogenated alkanes) is 5. The topological polar surface area (TPSA) is 31.4 Å². The molecule has 0 fully saturated rings. The van der Waals surface area contributed by atoms with Gasteiger partial charge in [-0.25, -0.2) is 4.98 Å². The first-order valence-electron chi connectivity index (χ1n) is 14.6. The zero-order chi connectivity index (χ0) is 28.4. The standard InChI is InChI=1S/C35H42FNO2Si/c1-5-6-7-8-9-16-25-38-32-24-23-31(37-34(32)36)30-22-21-27(35(2,3)4)26-33(30)39-40(28-17-12-10-13-18-28)29-19-14-11-15-20-29/h10-15,17-24,26,40H,5-9,16,25H2,1-4H3. The molecular weight excluding hydrogens is 513 g/mol. The Hall–Kier alpha value is -3.44. The van der Waals surface area contributed by atoms with E-state index in [9.17, 15) is 0 Å². The average molecular weight is 556 g/mol. The van der Waals surface area contributed by atoms with E-state index in [1.807, 2.05) is 24.3 Å². The van der Waals surface area contributed by atoms with E-state index in [4.69, 9.17) is 9.16 Å². The second-order valence-corrected chi connectivity index (χ2v) is 13.7. The first-order chi connectivity index (χ1) is 19.4. The predicted octanol–water partition coefficient (Wildman–Crippen LogP) is 7.84. The molecule has 0 saturated carbocycles. The zero-order valence-corrected chi connectivity index (χ0v) is 25.5. The van der Waals surface area contributed by atoms with E-state index >= 15 is 4.39 Å². The third kappa shape index (κ3) is 8.04. The normalized spacial score (nSPS) is 11.6. The lowest BCUT2D eigenvalue weighted by atomic mass is 9.86. The number of nitrogens with zero attached hydrogens (tertiary/aromatic N) is 1. The molecule has 0 unspecified atom stereocenters. The third-order valence-corrected chi connectivity index (χ3v) is 9.61. The minimum atomic E-state index is -2.10. The molecule has 0 aliphatic carbocycles. The number of hydrogen-bond donors (Lipinski definition) is 0. The molecule has 3 nitrogen and oxygen atoms in total. The molecule has 0 aliphatic rings. The Labute approximate surface area is 241 Å². The Morgan fingerprint density at radius 2 is 1.35 bits per heavy atom. The number of pyridine rings is 1. The number of aromatic nitrogens is 1. The van der Waals surface area contributed by atoms with Crippen molar-refractivity contribution in [2.24, 2.45) is 0 Å². The molecule has 210 valence electrons. The van der Waals surface area contributed by atoms with Crippen molar-refractivity contribution in [3.05, 3.63) is 103 Å². The fourth-order valence-corrected chi connectivity index (χ4v) is 7.00. The maximum atomic E-state index is 15.1. The molecule has 4 rings (SSSR count). The maximum Gasteiger partial charge on any atom is 0.299 e. The quantitative estimate of drug-likeness (QED) is 0.0957. The van der Waals surface area contributed by atoms with Gasteiger partial charge in [-0.15, -0.1) is 0 Å². The van der Waals surface area contributed by atoms with Crippen LogP contribution in [0.2, 0.25) is 0 Å².